The Morgan fingerprint density at radius 3 is 2.31 bits per heavy atom. The minimum absolute atomic E-state index is 0.515. The highest BCUT2D eigenvalue weighted by atomic mass is 35.5. The normalized spacial score (nSPS) is 11.3. The van der Waals surface area contributed by atoms with Crippen molar-refractivity contribution in [1.82, 2.24) is 9.47 Å². The van der Waals surface area contributed by atoms with Crippen LogP contribution in [0.3, 0.4) is 0 Å². The monoisotopic (exact) mass is 404 g/mol. The van der Waals surface area contributed by atoms with E-state index in [4.69, 9.17) is 16.3 Å². The number of nitrogens with zero attached hydrogens (tertiary/aromatic N) is 2. The molecule has 0 bridgehead atoms. The van der Waals surface area contributed by atoms with Gasteiger partial charge in [0.15, 0.2) is 0 Å². The molecule has 0 unspecified atom stereocenters. The predicted molar refractivity (Wildman–Crippen MR) is 120 cm³/mol. The average Bonchev–Trinajstić information content (AvgIpc) is 3.00. The lowest BCUT2D eigenvalue weighted by atomic mass is 10.1. The number of fused-ring (bicyclic) bond motifs is 1. The lowest BCUT2D eigenvalue weighted by Gasteiger charge is -2.18. The Labute approximate surface area is 177 Å². The fraction of sp³-hybridized carbons (Fsp3) is 0.200. The Morgan fingerprint density at radius 2 is 1.55 bits per heavy atom. The number of para-hydroxylation sites is 1. The number of rotatable bonds is 7. The molecule has 0 radical (unpaired) electrons. The van der Waals surface area contributed by atoms with Crippen molar-refractivity contribution in [1.29, 1.82) is 0 Å². The van der Waals surface area contributed by atoms with Crippen molar-refractivity contribution in [3.05, 3.63) is 101 Å². The van der Waals surface area contributed by atoms with Gasteiger partial charge in [-0.25, -0.2) is 0 Å². The molecule has 0 spiro atoms. The van der Waals surface area contributed by atoms with Crippen molar-refractivity contribution >= 4 is 22.5 Å². The highest BCUT2D eigenvalue weighted by Crippen LogP contribution is 2.28. The predicted octanol–water partition coefficient (Wildman–Crippen LogP) is 6.04. The average molecular weight is 405 g/mol. The van der Waals surface area contributed by atoms with Crippen LogP contribution in [0.1, 0.15) is 16.8 Å². The van der Waals surface area contributed by atoms with E-state index in [-0.39, 0.29) is 0 Å². The van der Waals surface area contributed by atoms with Crippen molar-refractivity contribution in [2.75, 3.05) is 7.05 Å². The van der Waals surface area contributed by atoms with Crippen LogP contribution in [0.5, 0.6) is 5.75 Å². The molecule has 0 fully saturated rings. The Bertz CT molecular complexity index is 1090. The molecular formula is C25H25ClN2O. The molecular weight excluding hydrogens is 380 g/mol. The quantitative estimate of drug-likeness (QED) is 0.373. The van der Waals surface area contributed by atoms with Crippen LogP contribution in [-0.2, 0) is 26.7 Å². The maximum Gasteiger partial charge on any atom is 0.129 e. The van der Waals surface area contributed by atoms with Crippen LogP contribution in [0, 0.1) is 0 Å². The minimum atomic E-state index is 0.515. The second-order valence-corrected chi connectivity index (χ2v) is 7.84. The Kier molecular flexibility index (Phi) is 5.89. The third-order valence-corrected chi connectivity index (χ3v) is 5.51. The molecule has 1 aromatic heterocycles. The van der Waals surface area contributed by atoms with Crippen LogP contribution in [0.25, 0.3) is 10.9 Å². The van der Waals surface area contributed by atoms with Gasteiger partial charge in [-0.1, -0.05) is 60.1 Å². The molecule has 0 saturated carbocycles. The third-order valence-electron chi connectivity index (χ3n) is 5.26. The van der Waals surface area contributed by atoms with Crippen LogP contribution in [-0.4, -0.2) is 16.5 Å². The molecule has 148 valence electrons. The van der Waals surface area contributed by atoms with Gasteiger partial charge in [0.1, 0.15) is 12.4 Å². The summed E-state index contributed by atoms with van der Waals surface area (Å²) in [5.41, 5.74) is 5.05. The summed E-state index contributed by atoms with van der Waals surface area (Å²) in [5, 5.41) is 2.00. The SMILES string of the molecule is CN(Cc1ccccc1)Cc1c(COc2ccc(Cl)cc2)n(C)c2ccccc12. The first-order valence-electron chi connectivity index (χ1n) is 9.78. The van der Waals surface area contributed by atoms with Gasteiger partial charge >= 0.3 is 0 Å². The highest BCUT2D eigenvalue weighted by molar-refractivity contribution is 6.30. The summed E-state index contributed by atoms with van der Waals surface area (Å²) in [6.07, 6.45) is 0. The molecule has 0 aliphatic carbocycles. The summed E-state index contributed by atoms with van der Waals surface area (Å²) in [6, 6.07) is 26.7. The van der Waals surface area contributed by atoms with Gasteiger partial charge < -0.3 is 9.30 Å². The van der Waals surface area contributed by atoms with Crippen LogP contribution in [0.15, 0.2) is 78.9 Å². The molecule has 3 aromatic carbocycles. The van der Waals surface area contributed by atoms with E-state index in [1.54, 1.807) is 0 Å². The van der Waals surface area contributed by atoms with E-state index in [2.05, 4.69) is 78.2 Å². The van der Waals surface area contributed by atoms with Gasteiger partial charge in [-0.3, -0.25) is 4.90 Å². The second-order valence-electron chi connectivity index (χ2n) is 7.40. The first-order chi connectivity index (χ1) is 14.1. The van der Waals surface area contributed by atoms with Gasteiger partial charge in [-0.2, -0.15) is 0 Å². The number of aryl methyl sites for hydroxylation is 1. The topological polar surface area (TPSA) is 17.4 Å². The first kappa shape index (κ1) is 19.6. The number of ether oxygens (including phenoxy) is 1. The smallest absolute Gasteiger partial charge is 0.129 e. The molecule has 1 heterocycles. The molecule has 0 saturated heterocycles. The molecule has 0 aliphatic rings. The van der Waals surface area contributed by atoms with Gasteiger partial charge in [0.2, 0.25) is 0 Å². The van der Waals surface area contributed by atoms with E-state index in [0.717, 1.165) is 18.8 Å². The van der Waals surface area contributed by atoms with E-state index >= 15 is 0 Å². The maximum absolute atomic E-state index is 6.10. The number of halogens is 1. The zero-order valence-corrected chi connectivity index (χ0v) is 17.6. The van der Waals surface area contributed by atoms with Crippen molar-refractivity contribution < 1.29 is 4.74 Å². The van der Waals surface area contributed by atoms with E-state index in [1.807, 2.05) is 24.3 Å². The van der Waals surface area contributed by atoms with Gasteiger partial charge in [-0.05, 0) is 48.5 Å². The van der Waals surface area contributed by atoms with Crippen LogP contribution < -0.4 is 4.74 Å². The number of benzene rings is 3. The Morgan fingerprint density at radius 1 is 0.862 bits per heavy atom. The largest absolute Gasteiger partial charge is 0.487 e. The molecule has 0 aliphatic heterocycles. The van der Waals surface area contributed by atoms with E-state index in [9.17, 15) is 0 Å². The summed E-state index contributed by atoms with van der Waals surface area (Å²) < 4.78 is 8.35. The fourth-order valence-electron chi connectivity index (χ4n) is 3.79. The van der Waals surface area contributed by atoms with Crippen LogP contribution >= 0.6 is 11.6 Å². The maximum atomic E-state index is 6.10. The Hall–Kier alpha value is -2.75. The van der Waals surface area contributed by atoms with Crippen molar-refractivity contribution in [2.24, 2.45) is 7.05 Å². The van der Waals surface area contributed by atoms with E-state index < -0.39 is 0 Å². The van der Waals surface area contributed by atoms with Gasteiger partial charge in [0.05, 0.1) is 5.69 Å². The molecule has 0 atom stereocenters. The van der Waals surface area contributed by atoms with Gasteiger partial charge in [0.25, 0.3) is 0 Å². The molecule has 4 heteroatoms. The van der Waals surface area contributed by atoms with E-state index in [1.165, 1.54) is 27.7 Å². The number of hydrogen-bond acceptors (Lipinski definition) is 2. The lowest BCUT2D eigenvalue weighted by molar-refractivity contribution is 0.286. The zero-order valence-electron chi connectivity index (χ0n) is 16.8. The zero-order chi connectivity index (χ0) is 20.2. The van der Waals surface area contributed by atoms with Crippen molar-refractivity contribution in [2.45, 2.75) is 19.7 Å². The fourth-order valence-corrected chi connectivity index (χ4v) is 3.91. The van der Waals surface area contributed by atoms with E-state index in [0.29, 0.717) is 11.6 Å². The molecule has 3 nitrogen and oxygen atoms in total. The Balaban J connectivity index is 1.60. The minimum Gasteiger partial charge on any atom is -0.487 e. The molecule has 0 N–H and O–H groups in total. The second kappa shape index (κ2) is 8.73. The first-order valence-corrected chi connectivity index (χ1v) is 10.2. The summed E-state index contributed by atoms with van der Waals surface area (Å²) in [7, 11) is 4.28. The summed E-state index contributed by atoms with van der Waals surface area (Å²) in [4.78, 5) is 2.35. The van der Waals surface area contributed by atoms with Gasteiger partial charge in [-0.15, -0.1) is 0 Å². The molecule has 0 amide bonds. The summed E-state index contributed by atoms with van der Waals surface area (Å²) in [5.74, 6) is 0.822. The van der Waals surface area contributed by atoms with Crippen molar-refractivity contribution in [3.63, 3.8) is 0 Å². The standard InChI is InChI=1S/C25H25ClN2O/c1-27(16-19-8-4-3-5-9-19)17-23-22-10-6-7-11-24(22)28(2)25(23)18-29-21-14-12-20(26)13-15-21/h3-15H,16-18H2,1-2H3. The van der Waals surface area contributed by atoms with Gasteiger partial charge in [0, 0.05) is 36.1 Å². The van der Waals surface area contributed by atoms with Crippen molar-refractivity contribution in [3.8, 4) is 5.75 Å². The molecule has 4 aromatic rings. The highest BCUT2D eigenvalue weighted by Gasteiger charge is 2.17. The van der Waals surface area contributed by atoms with Crippen LogP contribution in [0.2, 0.25) is 5.02 Å². The third kappa shape index (κ3) is 4.47. The number of aromatic nitrogens is 1. The molecule has 29 heavy (non-hydrogen) atoms. The van der Waals surface area contributed by atoms with Crippen LogP contribution in [0.4, 0.5) is 0 Å². The lowest BCUT2D eigenvalue weighted by Crippen LogP contribution is -2.18. The summed E-state index contributed by atoms with van der Waals surface area (Å²) in [6.45, 7) is 2.28. The summed E-state index contributed by atoms with van der Waals surface area (Å²) >= 11 is 5.99. The number of hydrogen-bond donors (Lipinski definition) is 0. The molecule has 4 rings (SSSR count).